The molecule has 1 aliphatic heterocycles. The Morgan fingerprint density at radius 1 is 1.53 bits per heavy atom. The summed E-state index contributed by atoms with van der Waals surface area (Å²) in [5.41, 5.74) is 1.02. The van der Waals surface area contributed by atoms with Gasteiger partial charge in [0.2, 0.25) is 0 Å². The van der Waals surface area contributed by atoms with Crippen LogP contribution in [-0.2, 0) is 4.74 Å². The monoisotopic (exact) mass is 206 g/mol. The largest absolute Gasteiger partial charge is 0.368 e. The summed E-state index contributed by atoms with van der Waals surface area (Å²) in [4.78, 5) is 4.30. The number of aromatic nitrogens is 1. The normalized spacial score (nSPS) is 23.7. The smallest absolute Gasteiger partial charge is 0.0970 e. The molecule has 2 atom stereocenters. The van der Waals surface area contributed by atoms with E-state index in [-0.39, 0.29) is 6.10 Å². The topological polar surface area (TPSA) is 34.1 Å². The van der Waals surface area contributed by atoms with Gasteiger partial charge in [-0.25, -0.2) is 0 Å². The maximum absolute atomic E-state index is 5.95. The highest BCUT2D eigenvalue weighted by Gasteiger charge is 2.17. The maximum atomic E-state index is 5.95. The van der Waals surface area contributed by atoms with E-state index >= 15 is 0 Å². The summed E-state index contributed by atoms with van der Waals surface area (Å²) in [6, 6.07) is 5.95. The molecule has 15 heavy (non-hydrogen) atoms. The van der Waals surface area contributed by atoms with E-state index in [9.17, 15) is 0 Å². The molecule has 1 aliphatic rings. The van der Waals surface area contributed by atoms with E-state index in [1.54, 1.807) is 0 Å². The number of hydrogen-bond donors (Lipinski definition) is 1. The fraction of sp³-hybridized carbons (Fsp3) is 0.583. The van der Waals surface area contributed by atoms with Crippen LogP contribution < -0.4 is 5.32 Å². The minimum atomic E-state index is 0.0936. The Morgan fingerprint density at radius 3 is 3.13 bits per heavy atom. The second-order valence-electron chi connectivity index (χ2n) is 4.00. The summed E-state index contributed by atoms with van der Waals surface area (Å²) in [6.45, 7) is 4.16. The number of ether oxygens (including phenoxy) is 1. The van der Waals surface area contributed by atoms with E-state index in [1.807, 2.05) is 24.4 Å². The van der Waals surface area contributed by atoms with Crippen LogP contribution in [0.2, 0.25) is 0 Å². The molecule has 0 amide bonds. The maximum Gasteiger partial charge on any atom is 0.0970 e. The molecule has 2 heterocycles. The van der Waals surface area contributed by atoms with E-state index in [4.69, 9.17) is 4.74 Å². The van der Waals surface area contributed by atoms with Crippen molar-refractivity contribution in [2.45, 2.75) is 32.0 Å². The van der Waals surface area contributed by atoms with Crippen LogP contribution >= 0.6 is 0 Å². The summed E-state index contributed by atoms with van der Waals surface area (Å²) >= 11 is 0. The molecule has 82 valence electrons. The van der Waals surface area contributed by atoms with Gasteiger partial charge in [0.15, 0.2) is 0 Å². The van der Waals surface area contributed by atoms with Gasteiger partial charge in [-0.1, -0.05) is 6.07 Å². The number of nitrogens with zero attached hydrogens (tertiary/aromatic N) is 1. The highest BCUT2D eigenvalue weighted by molar-refractivity contribution is 5.06. The molecule has 0 bridgehead atoms. The second kappa shape index (κ2) is 5.24. The molecule has 3 heteroatoms. The zero-order chi connectivity index (χ0) is 10.5. The van der Waals surface area contributed by atoms with E-state index in [1.165, 1.54) is 6.42 Å². The molecule has 0 radical (unpaired) electrons. The van der Waals surface area contributed by atoms with Crippen molar-refractivity contribution in [3.8, 4) is 0 Å². The lowest BCUT2D eigenvalue weighted by molar-refractivity contribution is -0.0169. The summed E-state index contributed by atoms with van der Waals surface area (Å²) < 4.78 is 5.95. The Bertz CT molecular complexity index is 283. The van der Waals surface area contributed by atoms with Crippen LogP contribution in [0.4, 0.5) is 0 Å². The van der Waals surface area contributed by atoms with E-state index in [0.717, 1.165) is 25.2 Å². The van der Waals surface area contributed by atoms with Gasteiger partial charge in [0, 0.05) is 12.7 Å². The third-order valence-electron chi connectivity index (χ3n) is 2.75. The summed E-state index contributed by atoms with van der Waals surface area (Å²) in [6.07, 6.45) is 4.62. The van der Waals surface area contributed by atoms with Crippen molar-refractivity contribution in [1.82, 2.24) is 10.3 Å². The van der Waals surface area contributed by atoms with Crippen LogP contribution in [-0.4, -0.2) is 24.2 Å². The van der Waals surface area contributed by atoms with Gasteiger partial charge in [0.05, 0.1) is 17.9 Å². The Hall–Kier alpha value is -0.930. The number of nitrogens with one attached hydrogen (secondary N) is 1. The molecule has 1 fully saturated rings. The Morgan fingerprint density at radius 2 is 2.47 bits per heavy atom. The van der Waals surface area contributed by atoms with Crippen LogP contribution in [0, 0.1) is 0 Å². The van der Waals surface area contributed by atoms with E-state index in [0.29, 0.717) is 6.10 Å². The molecule has 1 aromatic heterocycles. The molecule has 0 saturated carbocycles. The fourth-order valence-electron chi connectivity index (χ4n) is 1.91. The first-order valence-electron chi connectivity index (χ1n) is 5.63. The van der Waals surface area contributed by atoms with Crippen LogP contribution in [0.15, 0.2) is 24.4 Å². The van der Waals surface area contributed by atoms with Crippen molar-refractivity contribution in [2.24, 2.45) is 0 Å². The van der Waals surface area contributed by atoms with Gasteiger partial charge in [-0.15, -0.1) is 0 Å². The lowest BCUT2D eigenvalue weighted by Gasteiger charge is -2.26. The minimum Gasteiger partial charge on any atom is -0.368 e. The fourth-order valence-corrected chi connectivity index (χ4v) is 1.91. The molecular weight excluding hydrogens is 188 g/mol. The van der Waals surface area contributed by atoms with Gasteiger partial charge in [0.25, 0.3) is 0 Å². The number of rotatable bonds is 3. The molecule has 1 saturated heterocycles. The van der Waals surface area contributed by atoms with Crippen LogP contribution in [0.5, 0.6) is 0 Å². The third kappa shape index (κ3) is 3.01. The van der Waals surface area contributed by atoms with Crippen LogP contribution in [0.3, 0.4) is 0 Å². The Kier molecular flexibility index (Phi) is 3.69. The average molecular weight is 206 g/mol. The molecule has 1 aromatic rings. The lowest BCUT2D eigenvalue weighted by Crippen LogP contribution is -2.35. The first kappa shape index (κ1) is 10.6. The highest BCUT2D eigenvalue weighted by atomic mass is 16.5. The first-order valence-corrected chi connectivity index (χ1v) is 5.63. The first-order chi connectivity index (χ1) is 7.36. The van der Waals surface area contributed by atoms with Gasteiger partial charge in [-0.2, -0.15) is 0 Å². The quantitative estimate of drug-likeness (QED) is 0.820. The highest BCUT2D eigenvalue weighted by Crippen LogP contribution is 2.18. The number of piperidine rings is 1. The number of pyridine rings is 1. The minimum absolute atomic E-state index is 0.0936. The molecule has 2 unspecified atom stereocenters. The molecule has 0 aromatic carbocycles. The van der Waals surface area contributed by atoms with Gasteiger partial charge in [0.1, 0.15) is 0 Å². The summed E-state index contributed by atoms with van der Waals surface area (Å²) in [5, 5.41) is 3.35. The van der Waals surface area contributed by atoms with E-state index in [2.05, 4.69) is 17.2 Å². The van der Waals surface area contributed by atoms with Crippen molar-refractivity contribution in [3.05, 3.63) is 30.1 Å². The second-order valence-corrected chi connectivity index (χ2v) is 4.00. The van der Waals surface area contributed by atoms with Gasteiger partial charge in [-0.05, 0) is 38.4 Å². The average Bonchev–Trinajstić information content (AvgIpc) is 2.31. The molecule has 3 nitrogen and oxygen atoms in total. The van der Waals surface area contributed by atoms with Crippen LogP contribution in [0.25, 0.3) is 0 Å². The zero-order valence-corrected chi connectivity index (χ0v) is 9.15. The molecule has 2 rings (SSSR count). The zero-order valence-electron chi connectivity index (χ0n) is 9.15. The summed E-state index contributed by atoms with van der Waals surface area (Å²) in [7, 11) is 0. The van der Waals surface area contributed by atoms with Gasteiger partial charge >= 0.3 is 0 Å². The van der Waals surface area contributed by atoms with Crippen molar-refractivity contribution in [2.75, 3.05) is 13.1 Å². The van der Waals surface area contributed by atoms with Gasteiger partial charge in [-0.3, -0.25) is 4.98 Å². The molecule has 0 spiro atoms. The van der Waals surface area contributed by atoms with Crippen molar-refractivity contribution in [1.29, 1.82) is 0 Å². The molecule has 1 N–H and O–H groups in total. The standard InChI is InChI=1S/C12H18N2O/c1-10(12-6-2-3-8-14-12)15-11-5-4-7-13-9-11/h2-3,6,8,10-11,13H,4-5,7,9H2,1H3. The Labute approximate surface area is 90.9 Å². The Balaban J connectivity index is 1.88. The summed E-state index contributed by atoms with van der Waals surface area (Å²) in [5.74, 6) is 0. The van der Waals surface area contributed by atoms with E-state index < -0.39 is 0 Å². The van der Waals surface area contributed by atoms with Crippen molar-refractivity contribution < 1.29 is 4.74 Å². The third-order valence-corrected chi connectivity index (χ3v) is 2.75. The van der Waals surface area contributed by atoms with Crippen molar-refractivity contribution in [3.63, 3.8) is 0 Å². The van der Waals surface area contributed by atoms with Gasteiger partial charge < -0.3 is 10.1 Å². The molecule has 0 aliphatic carbocycles. The lowest BCUT2D eigenvalue weighted by atomic mass is 10.1. The predicted octanol–water partition coefficient (Wildman–Crippen LogP) is 1.91. The van der Waals surface area contributed by atoms with Crippen LogP contribution in [0.1, 0.15) is 31.6 Å². The molecular formula is C12H18N2O. The predicted molar refractivity (Wildman–Crippen MR) is 59.6 cm³/mol. The number of hydrogen-bond acceptors (Lipinski definition) is 3. The van der Waals surface area contributed by atoms with Crippen molar-refractivity contribution >= 4 is 0 Å². The SMILES string of the molecule is CC(OC1CCCNC1)c1ccccn1.